The Bertz CT molecular complexity index is 406. The van der Waals surface area contributed by atoms with Crippen LogP contribution in [0, 0.1) is 11.6 Å². The van der Waals surface area contributed by atoms with Gasteiger partial charge in [0, 0.05) is 38.3 Å². The summed E-state index contributed by atoms with van der Waals surface area (Å²) >= 11 is 0. The van der Waals surface area contributed by atoms with E-state index in [1.165, 1.54) is 6.07 Å². The molecule has 18 heavy (non-hydrogen) atoms. The fourth-order valence-corrected chi connectivity index (χ4v) is 2.07. The topological polar surface area (TPSA) is 24.5 Å². The van der Waals surface area contributed by atoms with Gasteiger partial charge in [-0.3, -0.25) is 4.90 Å². The van der Waals surface area contributed by atoms with E-state index in [0.29, 0.717) is 18.7 Å². The van der Waals surface area contributed by atoms with Crippen LogP contribution in [0.3, 0.4) is 0 Å². The number of ether oxygens (including phenoxy) is 1. The third-order valence-corrected chi connectivity index (χ3v) is 3.03. The summed E-state index contributed by atoms with van der Waals surface area (Å²) in [6.07, 6.45) is 0. The summed E-state index contributed by atoms with van der Waals surface area (Å²) in [5, 5.41) is 3.22. The maximum atomic E-state index is 13.8. The highest BCUT2D eigenvalue weighted by molar-refractivity contribution is 5.31. The zero-order valence-electron chi connectivity index (χ0n) is 10.5. The van der Waals surface area contributed by atoms with Crippen LogP contribution in [0.15, 0.2) is 12.1 Å². The molecule has 1 aromatic carbocycles. The van der Waals surface area contributed by atoms with Crippen molar-refractivity contribution in [3.8, 4) is 5.75 Å². The van der Waals surface area contributed by atoms with Gasteiger partial charge in [-0.15, -0.1) is 0 Å². The molecule has 1 saturated heterocycles. The lowest BCUT2D eigenvalue weighted by atomic mass is 10.1. The van der Waals surface area contributed by atoms with Gasteiger partial charge in [0.1, 0.15) is 0 Å². The minimum atomic E-state index is -0.885. The SMILES string of the molecule is CCOc1ccc(CN2CCNCC2)c(F)c1F. The van der Waals surface area contributed by atoms with Gasteiger partial charge in [-0.25, -0.2) is 4.39 Å². The van der Waals surface area contributed by atoms with E-state index in [4.69, 9.17) is 4.74 Å². The first-order valence-electron chi connectivity index (χ1n) is 6.25. The third kappa shape index (κ3) is 2.97. The van der Waals surface area contributed by atoms with Crippen LogP contribution in [0.5, 0.6) is 5.75 Å². The summed E-state index contributed by atoms with van der Waals surface area (Å²) in [5.74, 6) is -1.69. The number of hydrogen-bond donors (Lipinski definition) is 1. The standard InChI is InChI=1S/C13H18F2N2O/c1-2-18-11-4-3-10(12(14)13(11)15)9-17-7-5-16-6-8-17/h3-4,16H,2,5-9H2,1H3. The van der Waals surface area contributed by atoms with Crippen molar-refractivity contribution in [1.82, 2.24) is 10.2 Å². The molecule has 1 aliphatic heterocycles. The van der Waals surface area contributed by atoms with Crippen molar-refractivity contribution < 1.29 is 13.5 Å². The maximum absolute atomic E-state index is 13.8. The number of halogens is 2. The highest BCUT2D eigenvalue weighted by atomic mass is 19.2. The summed E-state index contributed by atoms with van der Waals surface area (Å²) in [5.41, 5.74) is 0.387. The van der Waals surface area contributed by atoms with Crippen LogP contribution in [0.4, 0.5) is 8.78 Å². The third-order valence-electron chi connectivity index (χ3n) is 3.03. The van der Waals surface area contributed by atoms with E-state index in [0.717, 1.165) is 26.2 Å². The molecule has 1 N–H and O–H groups in total. The molecule has 0 saturated carbocycles. The molecule has 0 radical (unpaired) electrons. The summed E-state index contributed by atoms with van der Waals surface area (Å²) in [6, 6.07) is 3.10. The molecule has 1 aromatic rings. The Kier molecular flexibility index (Phi) is 4.49. The van der Waals surface area contributed by atoms with Gasteiger partial charge in [-0.1, -0.05) is 6.07 Å². The lowest BCUT2D eigenvalue weighted by Crippen LogP contribution is -2.43. The predicted octanol–water partition coefficient (Wildman–Crippen LogP) is 1.77. The molecule has 1 fully saturated rings. The summed E-state index contributed by atoms with van der Waals surface area (Å²) in [4.78, 5) is 2.11. The normalized spacial score (nSPS) is 16.8. The van der Waals surface area contributed by atoms with Crippen molar-refractivity contribution in [2.24, 2.45) is 0 Å². The number of nitrogens with zero attached hydrogens (tertiary/aromatic N) is 1. The van der Waals surface area contributed by atoms with Crippen LogP contribution in [-0.4, -0.2) is 37.7 Å². The average Bonchev–Trinajstić information content (AvgIpc) is 2.40. The predicted molar refractivity (Wildman–Crippen MR) is 65.7 cm³/mol. The van der Waals surface area contributed by atoms with Crippen LogP contribution in [-0.2, 0) is 6.54 Å². The van der Waals surface area contributed by atoms with Crippen molar-refractivity contribution in [2.45, 2.75) is 13.5 Å². The van der Waals surface area contributed by atoms with Crippen LogP contribution in [0.2, 0.25) is 0 Å². The van der Waals surface area contributed by atoms with Gasteiger partial charge in [0.15, 0.2) is 11.6 Å². The number of nitrogens with one attached hydrogen (secondary N) is 1. The molecule has 2 rings (SSSR count). The van der Waals surface area contributed by atoms with Crippen molar-refractivity contribution in [1.29, 1.82) is 0 Å². The van der Waals surface area contributed by atoms with Crippen molar-refractivity contribution >= 4 is 0 Å². The van der Waals surface area contributed by atoms with Crippen LogP contribution in [0.25, 0.3) is 0 Å². The van der Waals surface area contributed by atoms with Crippen LogP contribution in [0.1, 0.15) is 12.5 Å². The number of piperazine rings is 1. The first-order valence-corrected chi connectivity index (χ1v) is 6.25. The molecule has 0 atom stereocenters. The molecule has 1 heterocycles. The molecule has 0 unspecified atom stereocenters. The Balaban J connectivity index is 2.10. The van der Waals surface area contributed by atoms with Gasteiger partial charge in [0.2, 0.25) is 5.82 Å². The summed E-state index contributed by atoms with van der Waals surface area (Å²) < 4.78 is 32.5. The van der Waals surface area contributed by atoms with E-state index in [-0.39, 0.29) is 5.75 Å². The Morgan fingerprint density at radius 1 is 1.22 bits per heavy atom. The van der Waals surface area contributed by atoms with Crippen LogP contribution < -0.4 is 10.1 Å². The maximum Gasteiger partial charge on any atom is 0.200 e. The van der Waals surface area contributed by atoms with E-state index in [9.17, 15) is 8.78 Å². The van der Waals surface area contributed by atoms with Gasteiger partial charge in [-0.2, -0.15) is 4.39 Å². The highest BCUT2D eigenvalue weighted by Gasteiger charge is 2.17. The van der Waals surface area contributed by atoms with Crippen molar-refractivity contribution in [2.75, 3.05) is 32.8 Å². The second kappa shape index (κ2) is 6.11. The summed E-state index contributed by atoms with van der Waals surface area (Å²) in [7, 11) is 0. The molecule has 100 valence electrons. The highest BCUT2D eigenvalue weighted by Crippen LogP contribution is 2.23. The Morgan fingerprint density at radius 3 is 2.61 bits per heavy atom. The zero-order chi connectivity index (χ0) is 13.0. The van der Waals surface area contributed by atoms with E-state index in [2.05, 4.69) is 10.2 Å². The molecule has 3 nitrogen and oxygen atoms in total. The molecule has 0 aromatic heterocycles. The quantitative estimate of drug-likeness (QED) is 0.888. The van der Waals surface area contributed by atoms with Gasteiger partial charge in [0.25, 0.3) is 0 Å². The molecule has 5 heteroatoms. The van der Waals surface area contributed by atoms with E-state index in [1.807, 2.05) is 0 Å². The fraction of sp³-hybridized carbons (Fsp3) is 0.538. The molecule has 1 aliphatic rings. The lowest BCUT2D eigenvalue weighted by Gasteiger charge is -2.27. The molecular weight excluding hydrogens is 238 g/mol. The van der Waals surface area contributed by atoms with Crippen molar-refractivity contribution in [3.05, 3.63) is 29.3 Å². The molecule has 0 aliphatic carbocycles. The summed E-state index contributed by atoms with van der Waals surface area (Å²) in [6.45, 7) is 6.00. The molecule has 0 amide bonds. The second-order valence-electron chi connectivity index (χ2n) is 4.31. The van der Waals surface area contributed by atoms with Crippen LogP contribution >= 0.6 is 0 Å². The van der Waals surface area contributed by atoms with Gasteiger partial charge in [-0.05, 0) is 13.0 Å². The van der Waals surface area contributed by atoms with E-state index in [1.54, 1.807) is 13.0 Å². The smallest absolute Gasteiger partial charge is 0.200 e. The number of hydrogen-bond acceptors (Lipinski definition) is 3. The van der Waals surface area contributed by atoms with Crippen molar-refractivity contribution in [3.63, 3.8) is 0 Å². The lowest BCUT2D eigenvalue weighted by molar-refractivity contribution is 0.228. The average molecular weight is 256 g/mol. The van der Waals surface area contributed by atoms with Gasteiger partial charge >= 0.3 is 0 Å². The van der Waals surface area contributed by atoms with Gasteiger partial charge < -0.3 is 10.1 Å². The largest absolute Gasteiger partial charge is 0.491 e. The monoisotopic (exact) mass is 256 g/mol. The molecular formula is C13H18F2N2O. The van der Waals surface area contributed by atoms with E-state index < -0.39 is 11.6 Å². The fourth-order valence-electron chi connectivity index (χ4n) is 2.07. The Labute approximate surface area is 106 Å². The molecule has 0 spiro atoms. The first-order chi connectivity index (χ1) is 8.72. The van der Waals surface area contributed by atoms with E-state index >= 15 is 0 Å². The zero-order valence-corrected chi connectivity index (χ0v) is 10.5. The van der Waals surface area contributed by atoms with Gasteiger partial charge in [0.05, 0.1) is 6.61 Å². The first kappa shape index (κ1) is 13.2. The number of rotatable bonds is 4. The second-order valence-corrected chi connectivity index (χ2v) is 4.31. The minimum absolute atomic E-state index is 0.0148. The molecule has 0 bridgehead atoms. The Morgan fingerprint density at radius 2 is 1.94 bits per heavy atom. The minimum Gasteiger partial charge on any atom is -0.491 e. The Hall–Kier alpha value is -1.20. The number of benzene rings is 1.